The fourth-order valence-corrected chi connectivity index (χ4v) is 3.78. The molecule has 1 aliphatic carbocycles. The van der Waals surface area contributed by atoms with E-state index in [9.17, 15) is 13.2 Å². The number of hydrogen-bond acceptors (Lipinski definition) is 6. The summed E-state index contributed by atoms with van der Waals surface area (Å²) < 4.78 is 43.1. The minimum Gasteiger partial charge on any atom is -0.475 e. The average molecular weight is 405 g/mol. The van der Waals surface area contributed by atoms with Crippen LogP contribution in [0.5, 0.6) is 0 Å². The van der Waals surface area contributed by atoms with Crippen LogP contribution >= 0.6 is 0 Å². The number of aliphatic carboxylic acids is 1. The highest BCUT2D eigenvalue weighted by Gasteiger charge is 2.41. The van der Waals surface area contributed by atoms with Crippen molar-refractivity contribution in [3.63, 3.8) is 0 Å². The van der Waals surface area contributed by atoms with Crippen LogP contribution in [0.25, 0.3) is 0 Å². The SMILES string of the molecule is Cc1noc(C)c1CN1CCO[C@H]2CN(CC3CC3)C[C@H]21.O=C(O)C(F)(F)F. The van der Waals surface area contributed by atoms with Gasteiger partial charge in [0.15, 0.2) is 0 Å². The predicted molar refractivity (Wildman–Crippen MR) is 92.8 cm³/mol. The molecule has 0 unspecified atom stereocenters. The fraction of sp³-hybridized carbons (Fsp3) is 0.778. The molecule has 10 heteroatoms. The summed E-state index contributed by atoms with van der Waals surface area (Å²) in [5.41, 5.74) is 2.29. The number of aryl methyl sites for hydroxylation is 2. The predicted octanol–water partition coefficient (Wildman–Crippen LogP) is 2.22. The third kappa shape index (κ3) is 5.24. The molecule has 1 saturated carbocycles. The number of rotatable bonds is 4. The second kappa shape index (κ2) is 8.38. The molecule has 0 radical (unpaired) electrons. The van der Waals surface area contributed by atoms with E-state index in [0.29, 0.717) is 12.1 Å². The number of morpholine rings is 1. The summed E-state index contributed by atoms with van der Waals surface area (Å²) in [4.78, 5) is 14.1. The Labute approximate surface area is 161 Å². The van der Waals surface area contributed by atoms with Crippen LogP contribution in [0.1, 0.15) is 29.9 Å². The Kier molecular flexibility index (Phi) is 6.31. The van der Waals surface area contributed by atoms with Gasteiger partial charge in [0, 0.05) is 38.3 Å². The number of aromatic nitrogens is 1. The molecule has 28 heavy (non-hydrogen) atoms. The molecule has 3 aliphatic rings. The molecule has 4 rings (SSSR count). The molecule has 2 saturated heterocycles. The van der Waals surface area contributed by atoms with E-state index in [-0.39, 0.29) is 0 Å². The van der Waals surface area contributed by atoms with Crippen molar-refractivity contribution in [2.75, 3.05) is 32.8 Å². The van der Waals surface area contributed by atoms with Gasteiger partial charge in [0.2, 0.25) is 0 Å². The summed E-state index contributed by atoms with van der Waals surface area (Å²) in [7, 11) is 0. The lowest BCUT2D eigenvalue weighted by Gasteiger charge is -2.36. The van der Waals surface area contributed by atoms with Crippen molar-refractivity contribution < 1.29 is 32.3 Å². The third-order valence-electron chi connectivity index (χ3n) is 5.49. The topological polar surface area (TPSA) is 79.0 Å². The summed E-state index contributed by atoms with van der Waals surface area (Å²) in [6.45, 7) is 10.4. The molecule has 1 aromatic rings. The number of alkyl halides is 3. The number of fused-ring (bicyclic) bond motifs is 1. The Bertz CT molecular complexity index is 671. The van der Waals surface area contributed by atoms with Crippen molar-refractivity contribution in [2.24, 2.45) is 5.92 Å². The van der Waals surface area contributed by atoms with E-state index in [0.717, 1.165) is 50.2 Å². The van der Waals surface area contributed by atoms with Crippen LogP contribution < -0.4 is 0 Å². The molecule has 158 valence electrons. The maximum Gasteiger partial charge on any atom is 0.490 e. The van der Waals surface area contributed by atoms with E-state index in [2.05, 4.69) is 15.0 Å². The molecule has 0 spiro atoms. The number of likely N-dealkylation sites (tertiary alicyclic amines) is 1. The van der Waals surface area contributed by atoms with E-state index in [1.807, 2.05) is 13.8 Å². The quantitative estimate of drug-likeness (QED) is 0.823. The molecule has 0 bridgehead atoms. The molecule has 0 amide bonds. The van der Waals surface area contributed by atoms with E-state index in [4.69, 9.17) is 19.2 Å². The van der Waals surface area contributed by atoms with Crippen molar-refractivity contribution in [1.82, 2.24) is 15.0 Å². The smallest absolute Gasteiger partial charge is 0.475 e. The van der Waals surface area contributed by atoms with Gasteiger partial charge in [-0.05, 0) is 32.6 Å². The second-order valence-electron chi connectivity index (χ2n) is 7.71. The molecule has 7 nitrogen and oxygen atoms in total. The Hall–Kier alpha value is -1.65. The van der Waals surface area contributed by atoms with Gasteiger partial charge in [-0.3, -0.25) is 9.80 Å². The number of hydrogen-bond donors (Lipinski definition) is 1. The van der Waals surface area contributed by atoms with Gasteiger partial charge >= 0.3 is 12.1 Å². The maximum atomic E-state index is 10.6. The number of ether oxygens (including phenoxy) is 1. The first-order valence-electron chi connectivity index (χ1n) is 9.45. The summed E-state index contributed by atoms with van der Waals surface area (Å²) in [6, 6.07) is 0.534. The number of carboxylic acids is 1. The van der Waals surface area contributed by atoms with Crippen LogP contribution in [0.4, 0.5) is 13.2 Å². The van der Waals surface area contributed by atoms with Gasteiger partial charge in [-0.2, -0.15) is 13.2 Å². The van der Waals surface area contributed by atoms with Crippen molar-refractivity contribution in [2.45, 2.75) is 51.6 Å². The standard InChI is InChI=1S/C16H25N3O2.C2HF3O2/c1-11-14(12(2)21-17-11)8-19-5-6-20-16-10-18(9-15(16)19)7-13-3-4-13;3-2(4,5)1(6)7/h13,15-16H,3-10H2,1-2H3;(H,6,7)/t15-,16+;/m1./s1. The number of nitrogens with zero attached hydrogens (tertiary/aromatic N) is 3. The maximum absolute atomic E-state index is 10.6. The van der Waals surface area contributed by atoms with Crippen molar-refractivity contribution in [1.29, 1.82) is 0 Å². The highest BCUT2D eigenvalue weighted by Crippen LogP contribution is 2.33. The third-order valence-corrected chi connectivity index (χ3v) is 5.49. The van der Waals surface area contributed by atoms with Gasteiger partial charge in [0.05, 0.1) is 24.4 Å². The molecule has 0 aromatic carbocycles. The number of carbonyl (C=O) groups is 1. The average Bonchev–Trinajstić information content (AvgIpc) is 3.24. The molecule has 3 fully saturated rings. The van der Waals surface area contributed by atoms with Gasteiger partial charge in [0.25, 0.3) is 0 Å². The Balaban J connectivity index is 0.000000279. The zero-order valence-electron chi connectivity index (χ0n) is 16.0. The highest BCUT2D eigenvalue weighted by molar-refractivity contribution is 5.73. The van der Waals surface area contributed by atoms with Crippen LogP contribution in [0.15, 0.2) is 4.52 Å². The van der Waals surface area contributed by atoms with E-state index in [1.165, 1.54) is 24.9 Å². The molecule has 1 N–H and O–H groups in total. The normalized spacial score (nSPS) is 25.9. The van der Waals surface area contributed by atoms with E-state index in [1.54, 1.807) is 0 Å². The monoisotopic (exact) mass is 405 g/mol. The zero-order chi connectivity index (χ0) is 20.5. The Morgan fingerprint density at radius 3 is 2.50 bits per heavy atom. The molecule has 2 aliphatic heterocycles. The van der Waals surface area contributed by atoms with Crippen LogP contribution in [-0.2, 0) is 16.1 Å². The zero-order valence-corrected chi connectivity index (χ0v) is 16.0. The minimum absolute atomic E-state index is 0.387. The van der Waals surface area contributed by atoms with Crippen molar-refractivity contribution in [3.8, 4) is 0 Å². The van der Waals surface area contributed by atoms with Gasteiger partial charge in [-0.25, -0.2) is 4.79 Å². The number of carboxylic acid groups (broad SMARTS) is 1. The lowest BCUT2D eigenvalue weighted by Crippen LogP contribution is -2.50. The van der Waals surface area contributed by atoms with Gasteiger partial charge in [-0.15, -0.1) is 0 Å². The largest absolute Gasteiger partial charge is 0.490 e. The first-order chi connectivity index (χ1) is 13.1. The van der Waals surface area contributed by atoms with Gasteiger partial charge in [-0.1, -0.05) is 5.16 Å². The van der Waals surface area contributed by atoms with Crippen LogP contribution in [-0.4, -0.2) is 77.1 Å². The Morgan fingerprint density at radius 2 is 1.96 bits per heavy atom. The summed E-state index contributed by atoms with van der Waals surface area (Å²) >= 11 is 0. The lowest BCUT2D eigenvalue weighted by atomic mass is 10.1. The highest BCUT2D eigenvalue weighted by atomic mass is 19.4. The molecule has 1 aromatic heterocycles. The van der Waals surface area contributed by atoms with Crippen molar-refractivity contribution >= 4 is 5.97 Å². The van der Waals surface area contributed by atoms with Gasteiger partial charge in [0.1, 0.15) is 5.76 Å². The van der Waals surface area contributed by atoms with Gasteiger partial charge < -0.3 is 14.4 Å². The van der Waals surface area contributed by atoms with Crippen LogP contribution in [0.2, 0.25) is 0 Å². The summed E-state index contributed by atoms with van der Waals surface area (Å²) in [6.07, 6.45) is -1.84. The van der Waals surface area contributed by atoms with Crippen molar-refractivity contribution in [3.05, 3.63) is 17.0 Å². The van der Waals surface area contributed by atoms with Crippen LogP contribution in [0, 0.1) is 19.8 Å². The first kappa shape index (κ1) is 21.1. The van der Waals surface area contributed by atoms with E-state index >= 15 is 0 Å². The van der Waals surface area contributed by atoms with E-state index < -0.39 is 12.1 Å². The Morgan fingerprint density at radius 1 is 1.29 bits per heavy atom. The first-order valence-corrected chi connectivity index (χ1v) is 9.45. The molecule has 2 atom stereocenters. The minimum atomic E-state index is -5.08. The summed E-state index contributed by atoms with van der Waals surface area (Å²) in [5, 5.41) is 11.2. The molecular weight excluding hydrogens is 379 g/mol. The fourth-order valence-electron chi connectivity index (χ4n) is 3.78. The molecule has 3 heterocycles. The second-order valence-corrected chi connectivity index (χ2v) is 7.71. The van der Waals surface area contributed by atoms with Crippen LogP contribution in [0.3, 0.4) is 0 Å². The number of halogens is 3. The molecular formula is C18H26F3N3O4. The summed E-state index contributed by atoms with van der Waals surface area (Å²) in [5.74, 6) is -0.836. The lowest BCUT2D eigenvalue weighted by molar-refractivity contribution is -0.192.